The molecule has 2 N–H and O–H groups in total. The molecule has 1 aromatic carbocycles. The molecule has 4 nitrogen and oxygen atoms in total. The van der Waals surface area contributed by atoms with E-state index in [2.05, 4.69) is 15.6 Å². The average Bonchev–Trinajstić information content (AvgIpc) is 2.44. The first kappa shape index (κ1) is 21.0. The highest BCUT2D eigenvalue weighted by Crippen LogP contribution is 2.09. The molecule has 0 bridgehead atoms. The van der Waals surface area contributed by atoms with Crippen molar-refractivity contribution in [1.29, 1.82) is 0 Å². The highest BCUT2D eigenvalue weighted by atomic mass is 127. The molecular formula is C15H24F2IN3O. The molecule has 7 heteroatoms. The third-order valence-corrected chi connectivity index (χ3v) is 3.16. The van der Waals surface area contributed by atoms with E-state index < -0.39 is 11.6 Å². The maximum absolute atomic E-state index is 13.5. The summed E-state index contributed by atoms with van der Waals surface area (Å²) in [7, 11) is 3.31. The number of nitrogens with zero attached hydrogens (tertiary/aromatic N) is 1. The van der Waals surface area contributed by atoms with Gasteiger partial charge in [-0.1, -0.05) is 6.07 Å². The van der Waals surface area contributed by atoms with Gasteiger partial charge in [-0.3, -0.25) is 4.99 Å². The second-order valence-corrected chi connectivity index (χ2v) is 5.30. The molecule has 0 atom stereocenters. The molecule has 0 aliphatic carbocycles. The van der Waals surface area contributed by atoms with Gasteiger partial charge in [-0.05, 0) is 31.9 Å². The number of hydrogen-bond donors (Lipinski definition) is 2. The number of ether oxygens (including phenoxy) is 1. The van der Waals surface area contributed by atoms with Crippen LogP contribution >= 0.6 is 24.0 Å². The number of halogens is 3. The van der Waals surface area contributed by atoms with E-state index in [1.165, 1.54) is 12.1 Å². The predicted octanol–water partition coefficient (Wildman–Crippen LogP) is 2.72. The fraction of sp³-hybridized carbons (Fsp3) is 0.533. The summed E-state index contributed by atoms with van der Waals surface area (Å²) in [5.41, 5.74) is 0.164. The van der Waals surface area contributed by atoms with Crippen molar-refractivity contribution < 1.29 is 13.5 Å². The third-order valence-electron chi connectivity index (χ3n) is 3.16. The van der Waals surface area contributed by atoms with Gasteiger partial charge in [0, 0.05) is 33.3 Å². The summed E-state index contributed by atoms with van der Waals surface area (Å²) in [6, 6.07) is 3.60. The molecule has 0 aliphatic rings. The normalized spacial score (nSPS) is 11.8. The number of benzene rings is 1. The molecule has 1 aromatic rings. The van der Waals surface area contributed by atoms with Crippen LogP contribution in [0.2, 0.25) is 0 Å². The Morgan fingerprint density at radius 3 is 2.50 bits per heavy atom. The Balaban J connectivity index is 0.00000441. The summed E-state index contributed by atoms with van der Waals surface area (Å²) in [6.45, 7) is 5.01. The standard InChI is InChI=1S/C15H23F2N3O.HI/c1-15(2,21-4)10-20-14(18-3)19-8-7-11-5-6-12(16)9-13(11)17;/h5-6,9H,7-8,10H2,1-4H3,(H2,18,19,20);1H. The summed E-state index contributed by atoms with van der Waals surface area (Å²) in [5, 5.41) is 6.21. The van der Waals surface area contributed by atoms with Crippen molar-refractivity contribution in [2.45, 2.75) is 25.9 Å². The van der Waals surface area contributed by atoms with E-state index in [0.717, 1.165) is 6.07 Å². The molecule has 0 aliphatic heterocycles. The van der Waals surface area contributed by atoms with E-state index in [9.17, 15) is 8.78 Å². The van der Waals surface area contributed by atoms with Crippen LogP contribution in [0.15, 0.2) is 23.2 Å². The van der Waals surface area contributed by atoms with Crippen LogP contribution in [0, 0.1) is 11.6 Å². The lowest BCUT2D eigenvalue weighted by molar-refractivity contribution is 0.0268. The second kappa shape index (κ2) is 9.94. The first-order valence-electron chi connectivity index (χ1n) is 6.81. The van der Waals surface area contributed by atoms with Gasteiger partial charge in [0.05, 0.1) is 5.60 Å². The van der Waals surface area contributed by atoms with E-state index in [4.69, 9.17) is 4.74 Å². The topological polar surface area (TPSA) is 45.7 Å². The molecule has 1 rings (SSSR count). The van der Waals surface area contributed by atoms with Crippen molar-refractivity contribution in [2.24, 2.45) is 4.99 Å². The maximum atomic E-state index is 13.5. The van der Waals surface area contributed by atoms with Gasteiger partial charge >= 0.3 is 0 Å². The number of methoxy groups -OCH3 is 1. The summed E-state index contributed by atoms with van der Waals surface area (Å²) in [4.78, 5) is 4.08. The Kier molecular flexibility index (Phi) is 9.50. The maximum Gasteiger partial charge on any atom is 0.191 e. The number of hydrogen-bond acceptors (Lipinski definition) is 2. The Hall–Kier alpha value is -0.960. The fourth-order valence-electron chi connectivity index (χ4n) is 1.63. The van der Waals surface area contributed by atoms with Crippen molar-refractivity contribution in [1.82, 2.24) is 10.6 Å². The van der Waals surface area contributed by atoms with Crippen molar-refractivity contribution in [3.8, 4) is 0 Å². The zero-order valence-corrected chi connectivity index (χ0v) is 15.7. The first-order chi connectivity index (χ1) is 9.88. The number of guanidine groups is 1. The van der Waals surface area contributed by atoms with Crippen LogP contribution in [0.5, 0.6) is 0 Å². The van der Waals surface area contributed by atoms with Crippen molar-refractivity contribution in [2.75, 3.05) is 27.2 Å². The van der Waals surface area contributed by atoms with Crippen LogP contribution in [-0.2, 0) is 11.2 Å². The quantitative estimate of drug-likeness (QED) is 0.417. The second-order valence-electron chi connectivity index (χ2n) is 5.30. The lowest BCUT2D eigenvalue weighted by atomic mass is 10.1. The minimum atomic E-state index is -0.566. The van der Waals surface area contributed by atoms with E-state index >= 15 is 0 Å². The molecule has 0 heterocycles. The van der Waals surface area contributed by atoms with Crippen molar-refractivity contribution in [3.05, 3.63) is 35.4 Å². The largest absolute Gasteiger partial charge is 0.377 e. The van der Waals surface area contributed by atoms with Crippen LogP contribution in [0.3, 0.4) is 0 Å². The van der Waals surface area contributed by atoms with E-state index in [-0.39, 0.29) is 29.6 Å². The van der Waals surface area contributed by atoms with E-state index in [1.807, 2.05) is 13.8 Å². The lowest BCUT2D eigenvalue weighted by Gasteiger charge is -2.24. The number of rotatable bonds is 6. The predicted molar refractivity (Wildman–Crippen MR) is 95.9 cm³/mol. The van der Waals surface area contributed by atoms with Gasteiger partial charge < -0.3 is 15.4 Å². The molecule has 0 saturated carbocycles. The highest BCUT2D eigenvalue weighted by Gasteiger charge is 2.16. The number of nitrogens with one attached hydrogen (secondary N) is 2. The van der Waals surface area contributed by atoms with Gasteiger partial charge in [0.2, 0.25) is 0 Å². The average molecular weight is 427 g/mol. The van der Waals surface area contributed by atoms with Gasteiger partial charge in [-0.2, -0.15) is 0 Å². The SMILES string of the molecule is CN=C(NCCc1ccc(F)cc1F)NCC(C)(C)OC.I. The highest BCUT2D eigenvalue weighted by molar-refractivity contribution is 14.0. The Bertz CT molecular complexity index is 496. The molecular weight excluding hydrogens is 403 g/mol. The Labute approximate surface area is 147 Å². The zero-order valence-electron chi connectivity index (χ0n) is 13.4. The summed E-state index contributed by atoms with van der Waals surface area (Å²) in [6.07, 6.45) is 0.445. The smallest absolute Gasteiger partial charge is 0.191 e. The first-order valence-corrected chi connectivity index (χ1v) is 6.81. The zero-order chi connectivity index (χ0) is 15.9. The Morgan fingerprint density at radius 2 is 1.95 bits per heavy atom. The van der Waals surface area contributed by atoms with Crippen LogP contribution in [0.25, 0.3) is 0 Å². The van der Waals surface area contributed by atoms with E-state index in [1.54, 1.807) is 14.2 Å². The van der Waals surface area contributed by atoms with E-state index in [0.29, 0.717) is 31.0 Å². The fourth-order valence-corrected chi connectivity index (χ4v) is 1.63. The van der Waals surface area contributed by atoms with Crippen LogP contribution in [-0.4, -0.2) is 38.8 Å². The van der Waals surface area contributed by atoms with Crippen molar-refractivity contribution in [3.63, 3.8) is 0 Å². The minimum Gasteiger partial charge on any atom is -0.377 e. The molecule has 0 aromatic heterocycles. The summed E-state index contributed by atoms with van der Waals surface area (Å²) in [5.74, 6) is -0.480. The molecule has 0 unspecified atom stereocenters. The van der Waals surface area contributed by atoms with Crippen LogP contribution in [0.4, 0.5) is 8.78 Å². The van der Waals surface area contributed by atoms with Gasteiger partial charge in [0.25, 0.3) is 0 Å². The van der Waals surface area contributed by atoms with Gasteiger partial charge in [0.1, 0.15) is 11.6 Å². The molecule has 126 valence electrons. The van der Waals surface area contributed by atoms with Gasteiger partial charge in [-0.15, -0.1) is 24.0 Å². The molecule has 0 radical (unpaired) electrons. The third kappa shape index (κ3) is 7.35. The van der Waals surface area contributed by atoms with Crippen LogP contribution in [0.1, 0.15) is 19.4 Å². The molecule has 22 heavy (non-hydrogen) atoms. The minimum absolute atomic E-state index is 0. The van der Waals surface area contributed by atoms with Crippen LogP contribution < -0.4 is 10.6 Å². The lowest BCUT2D eigenvalue weighted by Crippen LogP contribution is -2.45. The molecule has 0 spiro atoms. The monoisotopic (exact) mass is 427 g/mol. The number of aliphatic imine (C=N–C) groups is 1. The van der Waals surface area contributed by atoms with Gasteiger partial charge in [0.15, 0.2) is 5.96 Å². The molecule has 0 amide bonds. The molecule has 0 fully saturated rings. The summed E-state index contributed by atoms with van der Waals surface area (Å²) < 4.78 is 31.6. The summed E-state index contributed by atoms with van der Waals surface area (Å²) >= 11 is 0. The Morgan fingerprint density at radius 1 is 1.27 bits per heavy atom. The van der Waals surface area contributed by atoms with Crippen molar-refractivity contribution >= 4 is 29.9 Å². The van der Waals surface area contributed by atoms with Gasteiger partial charge in [-0.25, -0.2) is 8.78 Å². The molecule has 0 saturated heterocycles.